The lowest BCUT2D eigenvalue weighted by molar-refractivity contribution is 0.391. The Balaban J connectivity index is 2.85. The third-order valence-electron chi connectivity index (χ3n) is 1.11. The average Bonchev–Trinajstić information content (AvgIpc) is 2.33. The van der Waals surface area contributed by atoms with Gasteiger partial charge in [0.1, 0.15) is 0 Å². The highest BCUT2D eigenvalue weighted by molar-refractivity contribution is 5.23. The molecule has 0 aliphatic rings. The number of furan rings is 1. The molecule has 3 heteroatoms. The highest BCUT2D eigenvalue weighted by Crippen LogP contribution is 2.17. The Morgan fingerprint density at radius 1 is 1.78 bits per heavy atom. The summed E-state index contributed by atoms with van der Waals surface area (Å²) >= 11 is 0. The first-order valence-corrected chi connectivity index (χ1v) is 2.69. The molecule has 0 spiro atoms. The number of hydrogen-bond acceptors (Lipinski definition) is 3. The fraction of sp³-hybridized carbons (Fsp3) is 0.333. The summed E-state index contributed by atoms with van der Waals surface area (Å²) in [5, 5.41) is 0. The van der Waals surface area contributed by atoms with E-state index in [1.807, 2.05) is 0 Å². The topological polar surface area (TPSA) is 48.4 Å². The summed E-state index contributed by atoms with van der Waals surface area (Å²) in [6.45, 7) is 0.385. The predicted molar refractivity (Wildman–Crippen MR) is 33.2 cm³/mol. The van der Waals surface area contributed by atoms with Gasteiger partial charge >= 0.3 is 0 Å². The van der Waals surface area contributed by atoms with Crippen molar-refractivity contribution in [3.05, 3.63) is 18.1 Å². The molecule has 0 fully saturated rings. The van der Waals surface area contributed by atoms with Gasteiger partial charge in [0.25, 0.3) is 0 Å². The monoisotopic (exact) mass is 127 g/mol. The molecule has 0 aliphatic heterocycles. The maximum absolute atomic E-state index is 5.30. The SMILES string of the molecule is COc1ccoc1CN. The Morgan fingerprint density at radius 2 is 2.56 bits per heavy atom. The largest absolute Gasteiger partial charge is 0.493 e. The van der Waals surface area contributed by atoms with Crippen LogP contribution < -0.4 is 10.5 Å². The van der Waals surface area contributed by atoms with E-state index in [0.717, 1.165) is 5.75 Å². The van der Waals surface area contributed by atoms with E-state index in [-0.39, 0.29) is 0 Å². The van der Waals surface area contributed by atoms with Crippen LogP contribution in [0, 0.1) is 0 Å². The van der Waals surface area contributed by atoms with Gasteiger partial charge in [-0.3, -0.25) is 0 Å². The normalized spacial score (nSPS) is 9.56. The van der Waals surface area contributed by atoms with E-state index in [1.165, 1.54) is 0 Å². The van der Waals surface area contributed by atoms with Crippen molar-refractivity contribution in [3.63, 3.8) is 0 Å². The molecule has 0 amide bonds. The molecule has 0 unspecified atom stereocenters. The first-order chi connectivity index (χ1) is 4.38. The van der Waals surface area contributed by atoms with Gasteiger partial charge in [0.15, 0.2) is 11.5 Å². The molecule has 0 saturated heterocycles. The van der Waals surface area contributed by atoms with Crippen LogP contribution in [0.15, 0.2) is 16.7 Å². The van der Waals surface area contributed by atoms with Crippen LogP contribution in [0.2, 0.25) is 0 Å². The minimum Gasteiger partial charge on any atom is -0.493 e. The zero-order valence-corrected chi connectivity index (χ0v) is 5.26. The van der Waals surface area contributed by atoms with Gasteiger partial charge in [-0.05, 0) is 0 Å². The first kappa shape index (κ1) is 6.16. The summed E-state index contributed by atoms with van der Waals surface area (Å²) in [6, 6.07) is 1.74. The molecule has 0 aliphatic carbocycles. The Kier molecular flexibility index (Phi) is 1.75. The van der Waals surface area contributed by atoms with E-state index in [9.17, 15) is 0 Å². The molecular formula is C6H9NO2. The molecule has 50 valence electrons. The fourth-order valence-electron chi connectivity index (χ4n) is 0.660. The summed E-state index contributed by atoms with van der Waals surface area (Å²) in [4.78, 5) is 0. The summed E-state index contributed by atoms with van der Waals surface area (Å²) in [5.41, 5.74) is 5.30. The van der Waals surface area contributed by atoms with E-state index in [2.05, 4.69) is 0 Å². The lowest BCUT2D eigenvalue weighted by Crippen LogP contribution is -1.96. The van der Waals surface area contributed by atoms with Crippen molar-refractivity contribution in [3.8, 4) is 5.75 Å². The van der Waals surface area contributed by atoms with Gasteiger partial charge in [0.2, 0.25) is 0 Å². The van der Waals surface area contributed by atoms with Crippen molar-refractivity contribution in [1.82, 2.24) is 0 Å². The van der Waals surface area contributed by atoms with Crippen molar-refractivity contribution >= 4 is 0 Å². The fourth-order valence-corrected chi connectivity index (χ4v) is 0.660. The standard InChI is InChI=1S/C6H9NO2/c1-8-5-2-3-9-6(5)4-7/h2-3H,4,7H2,1H3. The summed E-state index contributed by atoms with van der Waals surface area (Å²) < 4.78 is 9.86. The van der Waals surface area contributed by atoms with Crippen LogP contribution in [-0.4, -0.2) is 7.11 Å². The van der Waals surface area contributed by atoms with Crippen LogP contribution in [-0.2, 0) is 6.54 Å². The van der Waals surface area contributed by atoms with Crippen LogP contribution in [0.4, 0.5) is 0 Å². The van der Waals surface area contributed by atoms with Gasteiger partial charge in [-0.2, -0.15) is 0 Å². The van der Waals surface area contributed by atoms with E-state index < -0.39 is 0 Å². The van der Waals surface area contributed by atoms with Gasteiger partial charge in [-0.25, -0.2) is 0 Å². The van der Waals surface area contributed by atoms with E-state index in [1.54, 1.807) is 19.4 Å². The molecule has 9 heavy (non-hydrogen) atoms. The molecule has 1 aromatic heterocycles. The second-order valence-corrected chi connectivity index (χ2v) is 1.62. The number of hydrogen-bond donors (Lipinski definition) is 1. The minimum atomic E-state index is 0.385. The van der Waals surface area contributed by atoms with Crippen molar-refractivity contribution < 1.29 is 9.15 Å². The maximum atomic E-state index is 5.30. The second-order valence-electron chi connectivity index (χ2n) is 1.62. The van der Waals surface area contributed by atoms with Crippen LogP contribution >= 0.6 is 0 Å². The van der Waals surface area contributed by atoms with Crippen molar-refractivity contribution in [2.45, 2.75) is 6.54 Å². The van der Waals surface area contributed by atoms with Crippen molar-refractivity contribution in [1.29, 1.82) is 0 Å². The molecule has 1 heterocycles. The second kappa shape index (κ2) is 2.55. The third-order valence-corrected chi connectivity index (χ3v) is 1.11. The third kappa shape index (κ3) is 1.05. The molecule has 3 nitrogen and oxygen atoms in total. The van der Waals surface area contributed by atoms with Gasteiger partial charge in [0, 0.05) is 6.07 Å². The molecule has 0 saturated carbocycles. The number of rotatable bonds is 2. The van der Waals surface area contributed by atoms with Crippen molar-refractivity contribution in [2.24, 2.45) is 5.73 Å². The number of nitrogens with two attached hydrogens (primary N) is 1. The van der Waals surface area contributed by atoms with Gasteiger partial charge < -0.3 is 14.9 Å². The molecule has 1 aromatic rings. The van der Waals surface area contributed by atoms with Crippen molar-refractivity contribution in [2.75, 3.05) is 7.11 Å². The number of methoxy groups -OCH3 is 1. The van der Waals surface area contributed by atoms with Gasteiger partial charge in [0.05, 0.1) is 19.9 Å². The average molecular weight is 127 g/mol. The van der Waals surface area contributed by atoms with E-state index >= 15 is 0 Å². The predicted octanol–water partition coefficient (Wildman–Crippen LogP) is 0.747. The molecule has 0 radical (unpaired) electrons. The minimum absolute atomic E-state index is 0.385. The Hall–Kier alpha value is -0.960. The molecule has 1 rings (SSSR count). The maximum Gasteiger partial charge on any atom is 0.161 e. The van der Waals surface area contributed by atoms with Crippen LogP contribution in [0.25, 0.3) is 0 Å². The lowest BCUT2D eigenvalue weighted by Gasteiger charge is -1.94. The highest BCUT2D eigenvalue weighted by atomic mass is 16.5. The molecule has 0 atom stereocenters. The zero-order chi connectivity index (χ0) is 6.69. The highest BCUT2D eigenvalue weighted by Gasteiger charge is 2.01. The molecule has 0 aromatic carbocycles. The van der Waals surface area contributed by atoms with Gasteiger partial charge in [-0.1, -0.05) is 0 Å². The smallest absolute Gasteiger partial charge is 0.161 e. The van der Waals surface area contributed by atoms with Gasteiger partial charge in [-0.15, -0.1) is 0 Å². The summed E-state index contributed by atoms with van der Waals surface area (Å²) in [7, 11) is 1.59. The summed E-state index contributed by atoms with van der Waals surface area (Å²) in [5.74, 6) is 1.41. The van der Waals surface area contributed by atoms with E-state index in [4.69, 9.17) is 14.9 Å². The Bertz CT molecular complexity index is 164. The number of ether oxygens (including phenoxy) is 1. The first-order valence-electron chi connectivity index (χ1n) is 2.69. The van der Waals surface area contributed by atoms with Crippen LogP contribution in [0.5, 0.6) is 5.75 Å². The lowest BCUT2D eigenvalue weighted by atomic mass is 10.4. The van der Waals surface area contributed by atoms with Crippen LogP contribution in [0.1, 0.15) is 5.76 Å². The quantitative estimate of drug-likeness (QED) is 0.637. The molecule has 0 bridgehead atoms. The molecule has 2 N–H and O–H groups in total. The zero-order valence-electron chi connectivity index (χ0n) is 5.26. The molecular weight excluding hydrogens is 118 g/mol. The summed E-state index contributed by atoms with van der Waals surface area (Å²) in [6.07, 6.45) is 1.56. The van der Waals surface area contributed by atoms with E-state index in [0.29, 0.717) is 12.3 Å². The Morgan fingerprint density at radius 3 is 3.00 bits per heavy atom. The van der Waals surface area contributed by atoms with Crippen LogP contribution in [0.3, 0.4) is 0 Å². The Labute approximate surface area is 53.4 Å².